The Morgan fingerprint density at radius 3 is 1.00 bits per heavy atom. The molecule has 56 heavy (non-hydrogen) atoms. The van der Waals surface area contributed by atoms with E-state index in [2.05, 4.69) is 228 Å². The van der Waals surface area contributed by atoms with Crippen molar-refractivity contribution in [3.05, 3.63) is 218 Å². The molecule has 2 nitrogen and oxygen atoms in total. The summed E-state index contributed by atoms with van der Waals surface area (Å²) in [6, 6.07) is 79.4. The van der Waals surface area contributed by atoms with Gasteiger partial charge in [-0.05, 0) is 111 Å². The zero-order chi connectivity index (χ0) is 37.0. The first-order valence-corrected chi connectivity index (χ1v) is 19.3. The molecule has 0 unspecified atom stereocenters. The van der Waals surface area contributed by atoms with E-state index in [4.69, 9.17) is 0 Å². The van der Waals surface area contributed by atoms with E-state index in [-0.39, 0.29) is 0 Å². The van der Waals surface area contributed by atoms with E-state index in [9.17, 15) is 0 Å². The van der Waals surface area contributed by atoms with E-state index in [1.54, 1.807) is 0 Å². The second-order valence-electron chi connectivity index (χ2n) is 14.6. The predicted molar refractivity (Wildman–Crippen MR) is 237 cm³/mol. The fourth-order valence-corrected chi connectivity index (χ4v) is 8.59. The number of fused-ring (bicyclic) bond motifs is 6. The van der Waals surface area contributed by atoms with Crippen molar-refractivity contribution in [1.29, 1.82) is 0 Å². The Hall–Kier alpha value is -7.42. The Balaban J connectivity index is 1.08. The molecule has 0 aliphatic rings. The quantitative estimate of drug-likeness (QED) is 0.162. The van der Waals surface area contributed by atoms with Crippen molar-refractivity contribution in [1.82, 2.24) is 9.13 Å². The second-order valence-corrected chi connectivity index (χ2v) is 14.6. The summed E-state index contributed by atoms with van der Waals surface area (Å²) in [6.07, 6.45) is 0. The Kier molecular flexibility index (Phi) is 7.53. The van der Waals surface area contributed by atoms with Crippen molar-refractivity contribution < 1.29 is 0 Å². The molecule has 262 valence electrons. The average Bonchev–Trinajstić information content (AvgIpc) is 3.79. The minimum Gasteiger partial charge on any atom is -0.309 e. The van der Waals surface area contributed by atoms with Crippen LogP contribution in [0.4, 0.5) is 0 Å². The number of benzene rings is 9. The van der Waals surface area contributed by atoms with Gasteiger partial charge in [-0.3, -0.25) is 0 Å². The van der Waals surface area contributed by atoms with Crippen LogP contribution >= 0.6 is 0 Å². The third-order valence-electron chi connectivity index (χ3n) is 11.3. The topological polar surface area (TPSA) is 9.86 Å². The number of hydrogen-bond acceptors (Lipinski definition) is 0. The molecule has 0 atom stereocenters. The fourth-order valence-electron chi connectivity index (χ4n) is 8.59. The highest BCUT2D eigenvalue weighted by atomic mass is 15.0. The van der Waals surface area contributed by atoms with Crippen LogP contribution in [0.3, 0.4) is 0 Å². The molecule has 0 aliphatic carbocycles. The van der Waals surface area contributed by atoms with Crippen molar-refractivity contribution in [2.24, 2.45) is 0 Å². The van der Waals surface area contributed by atoms with E-state index >= 15 is 0 Å². The summed E-state index contributed by atoms with van der Waals surface area (Å²) in [7, 11) is 0. The molecule has 0 N–H and O–H groups in total. The van der Waals surface area contributed by atoms with Gasteiger partial charge in [0.15, 0.2) is 0 Å². The van der Waals surface area contributed by atoms with Crippen molar-refractivity contribution in [3.63, 3.8) is 0 Å². The summed E-state index contributed by atoms with van der Waals surface area (Å²) in [5.74, 6) is 0. The molecule has 0 amide bonds. The van der Waals surface area contributed by atoms with Gasteiger partial charge in [0.25, 0.3) is 0 Å². The maximum atomic E-state index is 2.42. The van der Waals surface area contributed by atoms with Gasteiger partial charge in [-0.15, -0.1) is 0 Å². The second kappa shape index (κ2) is 13.2. The van der Waals surface area contributed by atoms with Crippen molar-refractivity contribution in [2.45, 2.75) is 0 Å². The van der Waals surface area contributed by atoms with Crippen LogP contribution in [0.15, 0.2) is 218 Å². The van der Waals surface area contributed by atoms with Crippen LogP contribution in [-0.4, -0.2) is 9.13 Å². The van der Waals surface area contributed by atoms with E-state index in [0.29, 0.717) is 0 Å². The van der Waals surface area contributed by atoms with Crippen molar-refractivity contribution >= 4 is 43.6 Å². The Bertz CT molecular complexity index is 3190. The van der Waals surface area contributed by atoms with E-state index in [0.717, 1.165) is 5.69 Å². The third-order valence-corrected chi connectivity index (χ3v) is 11.3. The lowest BCUT2D eigenvalue weighted by molar-refractivity contribution is 1.18. The normalized spacial score (nSPS) is 11.6. The van der Waals surface area contributed by atoms with E-state index in [1.807, 2.05) is 0 Å². The molecule has 11 aromatic rings. The van der Waals surface area contributed by atoms with Crippen LogP contribution in [0.5, 0.6) is 0 Å². The smallest absolute Gasteiger partial charge is 0.0541 e. The first kappa shape index (κ1) is 32.0. The first-order chi connectivity index (χ1) is 27.8. The first-order valence-electron chi connectivity index (χ1n) is 19.3. The lowest BCUT2D eigenvalue weighted by Crippen LogP contribution is -1.94. The van der Waals surface area contributed by atoms with Crippen molar-refractivity contribution in [3.8, 4) is 55.9 Å². The summed E-state index contributed by atoms with van der Waals surface area (Å²) in [5.41, 5.74) is 16.8. The lowest BCUT2D eigenvalue weighted by atomic mass is 9.98. The van der Waals surface area contributed by atoms with Crippen LogP contribution in [0, 0.1) is 0 Å². The van der Waals surface area contributed by atoms with Gasteiger partial charge >= 0.3 is 0 Å². The van der Waals surface area contributed by atoms with E-state index in [1.165, 1.54) is 93.8 Å². The Labute approximate surface area is 325 Å². The zero-order valence-corrected chi connectivity index (χ0v) is 30.7. The van der Waals surface area contributed by atoms with Gasteiger partial charge in [-0.1, -0.05) is 152 Å². The van der Waals surface area contributed by atoms with Gasteiger partial charge in [-0.2, -0.15) is 0 Å². The molecule has 2 aromatic heterocycles. The van der Waals surface area contributed by atoms with Gasteiger partial charge < -0.3 is 9.13 Å². The molecule has 11 rings (SSSR count). The van der Waals surface area contributed by atoms with Gasteiger partial charge in [0.2, 0.25) is 0 Å². The third kappa shape index (κ3) is 5.34. The van der Waals surface area contributed by atoms with Gasteiger partial charge in [0, 0.05) is 32.9 Å². The molecule has 0 saturated carbocycles. The number of rotatable bonds is 6. The standard InChI is InChI=1S/C54H36N2/c1-4-12-37(13-5-1)39-20-22-41(23-21-39)42-26-31-53-49(34-42)50-36-44(28-33-54(50)56(53)46-29-24-40(25-30-46)38-14-6-2-7-15-38)43-27-32-52-48(35-43)47-18-10-11-19-51(47)55(52)45-16-8-3-9-17-45/h1-36H. The Morgan fingerprint density at radius 2 is 0.500 bits per heavy atom. The number of aromatic nitrogens is 2. The van der Waals surface area contributed by atoms with Gasteiger partial charge in [0.1, 0.15) is 0 Å². The highest BCUT2D eigenvalue weighted by Crippen LogP contribution is 2.40. The summed E-state index contributed by atoms with van der Waals surface area (Å²) in [6.45, 7) is 0. The molecule has 9 aromatic carbocycles. The minimum atomic E-state index is 1.15. The monoisotopic (exact) mass is 712 g/mol. The SMILES string of the molecule is c1ccc(-c2ccc(-c3ccc4c(c3)c3cc(-c5ccc6c(c5)c5ccccc5n6-c5ccccc5)ccc3n4-c3ccc(-c4ccccc4)cc3)cc2)cc1. The molecule has 2 heterocycles. The summed E-state index contributed by atoms with van der Waals surface area (Å²) < 4.78 is 4.80. The maximum absolute atomic E-state index is 2.42. The molecular formula is C54H36N2. The highest BCUT2D eigenvalue weighted by molar-refractivity contribution is 6.13. The molecule has 0 fully saturated rings. The molecule has 0 bridgehead atoms. The summed E-state index contributed by atoms with van der Waals surface area (Å²) >= 11 is 0. The van der Waals surface area contributed by atoms with Crippen LogP contribution in [0.2, 0.25) is 0 Å². The molecule has 0 aliphatic heterocycles. The largest absolute Gasteiger partial charge is 0.309 e. The van der Waals surface area contributed by atoms with E-state index < -0.39 is 0 Å². The summed E-state index contributed by atoms with van der Waals surface area (Å²) in [5, 5.41) is 4.98. The lowest BCUT2D eigenvalue weighted by Gasteiger charge is -2.10. The minimum absolute atomic E-state index is 1.15. The number of hydrogen-bond donors (Lipinski definition) is 0. The number of para-hydroxylation sites is 2. The highest BCUT2D eigenvalue weighted by Gasteiger charge is 2.17. The van der Waals surface area contributed by atoms with Gasteiger partial charge in [0.05, 0.1) is 22.1 Å². The molecule has 2 heteroatoms. The van der Waals surface area contributed by atoms with Crippen LogP contribution in [0.1, 0.15) is 0 Å². The maximum Gasteiger partial charge on any atom is 0.0541 e. The molecular weight excluding hydrogens is 677 g/mol. The van der Waals surface area contributed by atoms with Crippen molar-refractivity contribution in [2.75, 3.05) is 0 Å². The van der Waals surface area contributed by atoms with Crippen LogP contribution < -0.4 is 0 Å². The van der Waals surface area contributed by atoms with Gasteiger partial charge in [-0.25, -0.2) is 0 Å². The zero-order valence-electron chi connectivity index (χ0n) is 30.7. The predicted octanol–water partition coefficient (Wildman–Crippen LogP) is 14.5. The molecule has 0 saturated heterocycles. The van der Waals surface area contributed by atoms with Crippen LogP contribution in [-0.2, 0) is 0 Å². The molecule has 0 radical (unpaired) electrons. The summed E-state index contributed by atoms with van der Waals surface area (Å²) in [4.78, 5) is 0. The average molecular weight is 713 g/mol. The number of nitrogens with zero attached hydrogens (tertiary/aromatic N) is 2. The molecule has 0 spiro atoms. The Morgan fingerprint density at radius 1 is 0.196 bits per heavy atom. The fraction of sp³-hybridized carbons (Fsp3) is 0. The van der Waals surface area contributed by atoms with Crippen LogP contribution in [0.25, 0.3) is 99.5 Å².